The summed E-state index contributed by atoms with van der Waals surface area (Å²) in [5, 5.41) is 4.60. The van der Waals surface area contributed by atoms with Gasteiger partial charge in [0.05, 0.1) is 22.1 Å². The molecule has 0 aliphatic carbocycles. The molecule has 0 unspecified atom stereocenters. The number of H-pyrrole nitrogens is 1. The molecule has 8 heteroatoms. The normalized spacial score (nSPS) is 19.6. The molecule has 30 heavy (non-hydrogen) atoms. The molecule has 3 aromatic rings. The molecule has 1 amide bonds. The number of amides is 1. The monoisotopic (exact) mass is 443 g/mol. The van der Waals surface area contributed by atoms with E-state index in [1.165, 1.54) is 0 Å². The first-order chi connectivity index (χ1) is 14.6. The van der Waals surface area contributed by atoms with Gasteiger partial charge in [0.2, 0.25) is 5.91 Å². The van der Waals surface area contributed by atoms with Gasteiger partial charge in [0.1, 0.15) is 5.82 Å². The van der Waals surface area contributed by atoms with Gasteiger partial charge in [-0.15, -0.1) is 0 Å². The molecule has 2 N–H and O–H groups in total. The highest BCUT2D eigenvalue weighted by atomic mass is 35.5. The van der Waals surface area contributed by atoms with Gasteiger partial charge in [0.25, 0.3) is 0 Å². The first-order valence-electron chi connectivity index (χ1n) is 10.3. The van der Waals surface area contributed by atoms with Crippen LogP contribution in [0.5, 0.6) is 0 Å². The van der Waals surface area contributed by atoms with E-state index in [-0.39, 0.29) is 11.9 Å². The average molecular weight is 444 g/mol. The van der Waals surface area contributed by atoms with E-state index in [1.54, 1.807) is 0 Å². The molecule has 0 radical (unpaired) electrons. The van der Waals surface area contributed by atoms with Crippen LogP contribution in [0.4, 0.5) is 5.69 Å². The van der Waals surface area contributed by atoms with Gasteiger partial charge in [-0.25, -0.2) is 4.98 Å². The van der Waals surface area contributed by atoms with Gasteiger partial charge >= 0.3 is 0 Å². The summed E-state index contributed by atoms with van der Waals surface area (Å²) in [5.41, 5.74) is 3.67. The molecule has 2 aromatic carbocycles. The van der Waals surface area contributed by atoms with Gasteiger partial charge < -0.3 is 20.1 Å². The Morgan fingerprint density at radius 1 is 1.07 bits per heavy atom. The lowest BCUT2D eigenvalue weighted by molar-refractivity contribution is -0.133. The third-order valence-electron chi connectivity index (χ3n) is 5.97. The van der Waals surface area contributed by atoms with Crippen LogP contribution < -0.4 is 10.2 Å². The Kier molecular flexibility index (Phi) is 5.31. The van der Waals surface area contributed by atoms with Gasteiger partial charge in [0.15, 0.2) is 0 Å². The van der Waals surface area contributed by atoms with Crippen molar-refractivity contribution >= 4 is 45.8 Å². The van der Waals surface area contributed by atoms with Crippen LogP contribution in [0.15, 0.2) is 36.4 Å². The molecule has 1 atom stereocenters. The van der Waals surface area contributed by atoms with Gasteiger partial charge in [0, 0.05) is 42.5 Å². The van der Waals surface area contributed by atoms with Crippen molar-refractivity contribution < 1.29 is 4.79 Å². The van der Waals surface area contributed by atoms with Crippen molar-refractivity contribution in [2.75, 3.05) is 37.6 Å². The summed E-state index contributed by atoms with van der Waals surface area (Å²) in [6.07, 6.45) is 2.03. The molecule has 3 heterocycles. The number of piperazine rings is 1. The fraction of sp³-hybridized carbons (Fsp3) is 0.364. The number of aromatic nitrogens is 2. The number of hydrogen-bond donors (Lipinski definition) is 2. The van der Waals surface area contributed by atoms with Crippen LogP contribution in [-0.4, -0.2) is 59.5 Å². The molecule has 0 bridgehead atoms. The quantitative estimate of drug-likeness (QED) is 0.643. The molecule has 0 spiro atoms. The van der Waals surface area contributed by atoms with E-state index in [4.69, 9.17) is 23.2 Å². The molecule has 2 aliphatic heterocycles. The SMILES string of the molecule is O=C([C@H]1CCCN1)N1CCN(c2ccc(Cl)c(-c3nc4cc(Cl)ccc4[nH]3)c2)CC1. The van der Waals surface area contributed by atoms with Crippen LogP contribution in [0.25, 0.3) is 22.4 Å². The zero-order valence-corrected chi connectivity index (χ0v) is 18.0. The minimum absolute atomic E-state index is 0.000253. The third kappa shape index (κ3) is 3.75. The van der Waals surface area contributed by atoms with Gasteiger partial charge in [-0.05, 0) is 55.8 Å². The predicted molar refractivity (Wildman–Crippen MR) is 121 cm³/mol. The molecule has 6 nitrogen and oxygen atoms in total. The van der Waals surface area contributed by atoms with Crippen molar-refractivity contribution in [2.24, 2.45) is 0 Å². The van der Waals surface area contributed by atoms with E-state index >= 15 is 0 Å². The summed E-state index contributed by atoms with van der Waals surface area (Å²) in [6, 6.07) is 11.6. The van der Waals surface area contributed by atoms with E-state index in [1.807, 2.05) is 35.2 Å². The third-order valence-corrected chi connectivity index (χ3v) is 6.53. The molecule has 5 rings (SSSR count). The Labute approximate surface area is 185 Å². The Hall–Kier alpha value is -2.28. The fourth-order valence-electron chi connectivity index (χ4n) is 4.30. The second-order valence-corrected chi connectivity index (χ2v) is 8.72. The van der Waals surface area contributed by atoms with E-state index in [0.29, 0.717) is 10.0 Å². The number of anilines is 1. The number of halogens is 2. The molecule has 2 aliphatic rings. The standard InChI is InChI=1S/C22H23Cl2N5O/c23-14-3-6-18-20(12-14)27-21(26-18)16-13-15(4-5-17(16)24)28-8-10-29(11-9-28)22(30)19-2-1-7-25-19/h3-6,12-13,19,25H,1-2,7-11H2,(H,26,27)/t19-/m1/s1. The maximum atomic E-state index is 12.6. The maximum absolute atomic E-state index is 12.6. The number of imidazole rings is 1. The lowest BCUT2D eigenvalue weighted by Crippen LogP contribution is -2.53. The van der Waals surface area contributed by atoms with E-state index in [0.717, 1.165) is 73.7 Å². The summed E-state index contributed by atoms with van der Waals surface area (Å²) in [5.74, 6) is 0.963. The number of aromatic amines is 1. The van der Waals surface area contributed by atoms with Crippen LogP contribution in [0.3, 0.4) is 0 Å². The van der Waals surface area contributed by atoms with Crippen molar-refractivity contribution in [1.29, 1.82) is 0 Å². The predicted octanol–water partition coefficient (Wildman–Crippen LogP) is 3.94. The topological polar surface area (TPSA) is 64.3 Å². The smallest absolute Gasteiger partial charge is 0.239 e. The lowest BCUT2D eigenvalue weighted by Gasteiger charge is -2.37. The Balaban J connectivity index is 1.34. The maximum Gasteiger partial charge on any atom is 0.239 e. The fourth-order valence-corrected chi connectivity index (χ4v) is 4.67. The molecule has 0 saturated carbocycles. The van der Waals surface area contributed by atoms with Gasteiger partial charge in [-0.1, -0.05) is 23.2 Å². The number of hydrogen-bond acceptors (Lipinski definition) is 4. The Morgan fingerprint density at radius 2 is 1.90 bits per heavy atom. The zero-order valence-electron chi connectivity index (χ0n) is 16.5. The summed E-state index contributed by atoms with van der Waals surface area (Å²) >= 11 is 12.6. The highest BCUT2D eigenvalue weighted by molar-refractivity contribution is 6.33. The number of carbonyl (C=O) groups is 1. The highest BCUT2D eigenvalue weighted by Gasteiger charge is 2.29. The second-order valence-electron chi connectivity index (χ2n) is 7.87. The summed E-state index contributed by atoms with van der Waals surface area (Å²) in [6.45, 7) is 4.01. The van der Waals surface area contributed by atoms with E-state index in [2.05, 4.69) is 26.3 Å². The van der Waals surface area contributed by atoms with Crippen molar-refractivity contribution in [3.63, 3.8) is 0 Å². The van der Waals surface area contributed by atoms with Crippen molar-refractivity contribution in [2.45, 2.75) is 18.9 Å². The number of rotatable bonds is 3. The summed E-state index contributed by atoms with van der Waals surface area (Å²) in [7, 11) is 0. The van der Waals surface area contributed by atoms with Crippen LogP contribution in [-0.2, 0) is 4.79 Å². The molecule has 2 saturated heterocycles. The van der Waals surface area contributed by atoms with Gasteiger partial charge in [-0.3, -0.25) is 4.79 Å². The number of nitrogens with one attached hydrogen (secondary N) is 2. The van der Waals surface area contributed by atoms with Crippen LogP contribution in [0.2, 0.25) is 10.0 Å². The summed E-state index contributed by atoms with van der Waals surface area (Å²) < 4.78 is 0. The Bertz CT molecular complexity index is 1080. The minimum atomic E-state index is 0.000253. The van der Waals surface area contributed by atoms with Gasteiger partial charge in [-0.2, -0.15) is 0 Å². The van der Waals surface area contributed by atoms with Crippen LogP contribution in [0, 0.1) is 0 Å². The van der Waals surface area contributed by atoms with Crippen LogP contribution in [0.1, 0.15) is 12.8 Å². The first kappa shape index (κ1) is 19.7. The number of carbonyl (C=O) groups excluding carboxylic acids is 1. The Morgan fingerprint density at radius 3 is 2.67 bits per heavy atom. The van der Waals surface area contributed by atoms with Crippen molar-refractivity contribution in [3.8, 4) is 11.4 Å². The molecule has 2 fully saturated rings. The van der Waals surface area contributed by atoms with E-state index in [9.17, 15) is 4.79 Å². The molecular formula is C22H23Cl2N5O. The number of nitrogens with zero attached hydrogens (tertiary/aromatic N) is 3. The highest BCUT2D eigenvalue weighted by Crippen LogP contribution is 2.32. The van der Waals surface area contributed by atoms with E-state index < -0.39 is 0 Å². The second kappa shape index (κ2) is 8.10. The van der Waals surface area contributed by atoms with Crippen molar-refractivity contribution in [3.05, 3.63) is 46.4 Å². The molecule has 1 aromatic heterocycles. The average Bonchev–Trinajstić information content (AvgIpc) is 3.43. The number of fused-ring (bicyclic) bond motifs is 1. The molecular weight excluding hydrogens is 421 g/mol. The number of benzene rings is 2. The first-order valence-corrected chi connectivity index (χ1v) is 11.1. The van der Waals surface area contributed by atoms with Crippen LogP contribution >= 0.6 is 23.2 Å². The minimum Gasteiger partial charge on any atom is -0.368 e. The lowest BCUT2D eigenvalue weighted by atomic mass is 10.1. The zero-order chi connectivity index (χ0) is 20.7. The molecule has 156 valence electrons. The van der Waals surface area contributed by atoms with Crippen molar-refractivity contribution in [1.82, 2.24) is 20.2 Å². The largest absolute Gasteiger partial charge is 0.368 e. The summed E-state index contributed by atoms with van der Waals surface area (Å²) in [4.78, 5) is 24.9.